The predicted molar refractivity (Wildman–Crippen MR) is 154 cm³/mol. The van der Waals surface area contributed by atoms with Crippen molar-refractivity contribution in [3.63, 3.8) is 0 Å². The zero-order valence-corrected chi connectivity index (χ0v) is 24.7. The first kappa shape index (κ1) is 31.9. The molecule has 0 saturated heterocycles. The van der Waals surface area contributed by atoms with Gasteiger partial charge in [-0.2, -0.15) is 0 Å². The van der Waals surface area contributed by atoms with Crippen LogP contribution in [0, 0.1) is 5.92 Å². The minimum atomic E-state index is -2.35. The van der Waals surface area contributed by atoms with Crippen molar-refractivity contribution in [3.05, 3.63) is 63.6 Å². The lowest BCUT2D eigenvalue weighted by Crippen LogP contribution is -2.49. The zero-order chi connectivity index (χ0) is 33.0. The summed E-state index contributed by atoms with van der Waals surface area (Å²) in [5.41, 5.74) is 7.73. The number of carbonyl (C=O) groups excluding carboxylic acids is 4. The highest BCUT2D eigenvalue weighted by atomic mass is 16.7. The number of phenolic OH excluding ortho intramolecular Hbond substituents is 2. The molecule has 5 rings (SSSR count). The van der Waals surface area contributed by atoms with Gasteiger partial charge in [0.05, 0.1) is 35.9 Å². The van der Waals surface area contributed by atoms with E-state index in [2.05, 4.69) is 0 Å². The summed E-state index contributed by atoms with van der Waals surface area (Å²) in [7, 11) is 1.31. The maximum absolute atomic E-state index is 13.8. The van der Waals surface area contributed by atoms with Crippen LogP contribution in [0.3, 0.4) is 0 Å². The Kier molecular flexibility index (Phi) is 8.35. The lowest BCUT2D eigenvalue weighted by molar-refractivity contribution is -0.181. The smallest absolute Gasteiger partial charge is 0.323 e. The molecule has 8 N–H and O–H groups in total. The van der Waals surface area contributed by atoms with Gasteiger partial charge in [0.1, 0.15) is 40.9 Å². The molecule has 1 heterocycles. The molecule has 2 aromatic rings. The summed E-state index contributed by atoms with van der Waals surface area (Å²) in [5.74, 6) is -5.37. The van der Waals surface area contributed by atoms with Crippen molar-refractivity contribution >= 4 is 23.3 Å². The van der Waals surface area contributed by atoms with Gasteiger partial charge in [-0.25, -0.2) is 0 Å². The number of methoxy groups -OCH3 is 1. The van der Waals surface area contributed by atoms with Crippen LogP contribution in [0.1, 0.15) is 75.8 Å². The summed E-state index contributed by atoms with van der Waals surface area (Å²) in [6.07, 6.45) is -2.90. The van der Waals surface area contributed by atoms with Crippen LogP contribution in [0.4, 0.5) is 0 Å². The van der Waals surface area contributed by atoms with Gasteiger partial charge in [-0.3, -0.25) is 19.2 Å². The summed E-state index contributed by atoms with van der Waals surface area (Å²) in [5, 5.41) is 44.6. The molecule has 2 unspecified atom stereocenters. The lowest BCUT2D eigenvalue weighted by Gasteiger charge is -2.40. The van der Waals surface area contributed by atoms with E-state index in [1.165, 1.54) is 25.3 Å². The summed E-state index contributed by atoms with van der Waals surface area (Å²) >= 11 is 0. The zero-order valence-electron chi connectivity index (χ0n) is 24.7. The third-order valence-corrected chi connectivity index (χ3v) is 8.41. The minimum Gasteiger partial charge on any atom is -0.507 e. The second-order valence-corrected chi connectivity index (χ2v) is 11.7. The molecule has 45 heavy (non-hydrogen) atoms. The number of Topliss-reactive ketones (excluding diaryl/α,β-unsaturated/α-hetero) is 1. The van der Waals surface area contributed by atoms with Crippen molar-refractivity contribution in [2.45, 2.75) is 63.2 Å². The SMILES string of the molecule is COc1cccc2c1C(=O)c1c(O)c3c(c(O)c1C2=O)C[C@@](O)(C(=O)COC(=O)[C@@H](N)C(C)C)C[C@@H]3OC1CC(N)C(O)=CO1. The second-order valence-electron chi connectivity index (χ2n) is 11.7. The van der Waals surface area contributed by atoms with Crippen molar-refractivity contribution in [3.8, 4) is 17.2 Å². The average Bonchev–Trinajstić information content (AvgIpc) is 3.00. The maximum atomic E-state index is 13.8. The largest absolute Gasteiger partial charge is 0.507 e. The Hall–Kier alpha value is -4.50. The van der Waals surface area contributed by atoms with E-state index in [1.54, 1.807) is 13.8 Å². The number of hydrogen-bond donors (Lipinski definition) is 6. The van der Waals surface area contributed by atoms with Crippen LogP contribution in [0.5, 0.6) is 17.2 Å². The van der Waals surface area contributed by atoms with E-state index in [0.717, 1.165) is 6.26 Å². The summed E-state index contributed by atoms with van der Waals surface area (Å²) in [4.78, 5) is 53.2. The number of nitrogens with two attached hydrogens (primary N) is 2. The first-order valence-electron chi connectivity index (χ1n) is 14.2. The summed E-state index contributed by atoms with van der Waals surface area (Å²) in [6.45, 7) is 2.50. The summed E-state index contributed by atoms with van der Waals surface area (Å²) in [6, 6.07) is 2.41. The quantitative estimate of drug-likeness (QED) is 0.152. The van der Waals surface area contributed by atoms with Crippen LogP contribution in [0.15, 0.2) is 30.2 Å². The Balaban J connectivity index is 1.60. The molecule has 3 aliphatic rings. The van der Waals surface area contributed by atoms with E-state index in [4.69, 9.17) is 30.4 Å². The average molecular weight is 627 g/mol. The minimum absolute atomic E-state index is 0.0730. The first-order chi connectivity index (χ1) is 21.2. The van der Waals surface area contributed by atoms with Gasteiger partial charge in [-0.15, -0.1) is 0 Å². The van der Waals surface area contributed by atoms with Gasteiger partial charge in [-0.1, -0.05) is 26.0 Å². The molecule has 0 radical (unpaired) electrons. The molecule has 0 amide bonds. The van der Waals surface area contributed by atoms with Gasteiger partial charge in [0, 0.05) is 36.0 Å². The standard InChI is InChI=1S/C31H34N2O12/c1-12(2)25(33)30(40)44-11-19(35)31(41)8-14-22(18(9-31)45-20-7-15(32)16(34)10-43-20)29(39)24-23(27(14)37)26(36)13-5-4-6-17(42-3)21(13)28(24)38/h4-6,10,12,15,18,20,25,34,37,39,41H,7-9,11,32-33H2,1-3H3/t15?,18-,20?,25-,31-/m0/s1. The number of aliphatic hydroxyl groups excluding tert-OH is 1. The van der Waals surface area contributed by atoms with Crippen molar-refractivity contribution in [1.29, 1.82) is 0 Å². The number of ketones is 3. The molecule has 2 aromatic carbocycles. The molecule has 0 spiro atoms. The van der Waals surface area contributed by atoms with Gasteiger partial charge in [0.2, 0.25) is 17.9 Å². The number of hydrogen-bond acceptors (Lipinski definition) is 14. The number of benzene rings is 2. The lowest BCUT2D eigenvalue weighted by atomic mass is 9.72. The molecule has 1 aliphatic heterocycles. The van der Waals surface area contributed by atoms with Crippen molar-refractivity contribution < 1.29 is 58.6 Å². The number of aromatic hydroxyl groups is 2. The van der Waals surface area contributed by atoms with Crippen molar-refractivity contribution in [2.75, 3.05) is 13.7 Å². The molecule has 14 heteroatoms. The first-order valence-corrected chi connectivity index (χ1v) is 14.2. The monoisotopic (exact) mass is 626 g/mol. The molecule has 240 valence electrons. The predicted octanol–water partition coefficient (Wildman–Crippen LogP) is 1.19. The number of aliphatic hydroxyl groups is 2. The summed E-state index contributed by atoms with van der Waals surface area (Å²) < 4.78 is 21.8. The Morgan fingerprint density at radius 2 is 1.78 bits per heavy atom. The normalized spacial score (nSPS) is 24.5. The van der Waals surface area contributed by atoms with Crippen LogP contribution < -0.4 is 16.2 Å². The highest BCUT2D eigenvalue weighted by Gasteiger charge is 2.50. The van der Waals surface area contributed by atoms with Crippen LogP contribution in [0.2, 0.25) is 0 Å². The van der Waals surface area contributed by atoms with E-state index < -0.39 is 95.5 Å². The van der Waals surface area contributed by atoms with Gasteiger partial charge in [0.25, 0.3) is 0 Å². The Morgan fingerprint density at radius 3 is 2.42 bits per heavy atom. The number of fused-ring (bicyclic) bond motifs is 3. The molecule has 0 saturated carbocycles. The van der Waals surface area contributed by atoms with Crippen molar-refractivity contribution in [2.24, 2.45) is 17.4 Å². The topological polar surface area (TPSA) is 238 Å². The van der Waals surface area contributed by atoms with Crippen LogP contribution in [-0.2, 0) is 30.2 Å². The second kappa shape index (κ2) is 11.8. The molecule has 0 fully saturated rings. The van der Waals surface area contributed by atoms with E-state index in [1.807, 2.05) is 0 Å². The van der Waals surface area contributed by atoms with Crippen molar-refractivity contribution in [1.82, 2.24) is 0 Å². The van der Waals surface area contributed by atoms with Crippen LogP contribution >= 0.6 is 0 Å². The molecular formula is C31H34N2O12. The number of carbonyl (C=O) groups is 4. The van der Waals surface area contributed by atoms with E-state index >= 15 is 0 Å². The molecule has 14 nitrogen and oxygen atoms in total. The Labute approximate surface area is 257 Å². The van der Waals surface area contributed by atoms with E-state index in [9.17, 15) is 39.6 Å². The van der Waals surface area contributed by atoms with Gasteiger partial charge in [-0.05, 0) is 12.0 Å². The fourth-order valence-corrected chi connectivity index (χ4v) is 5.77. The highest BCUT2D eigenvalue weighted by Crippen LogP contribution is 2.52. The molecular weight excluding hydrogens is 592 g/mol. The van der Waals surface area contributed by atoms with Crippen LogP contribution in [0.25, 0.3) is 0 Å². The molecule has 2 aliphatic carbocycles. The number of ether oxygens (including phenoxy) is 4. The third kappa shape index (κ3) is 5.39. The van der Waals surface area contributed by atoms with Gasteiger partial charge in [0.15, 0.2) is 12.4 Å². The molecule has 0 bridgehead atoms. The van der Waals surface area contributed by atoms with E-state index in [0.29, 0.717) is 0 Å². The fraction of sp³-hybridized carbons (Fsp3) is 0.419. The maximum Gasteiger partial charge on any atom is 0.323 e. The molecule has 5 atom stereocenters. The highest BCUT2D eigenvalue weighted by molar-refractivity contribution is 6.31. The van der Waals surface area contributed by atoms with Crippen LogP contribution in [-0.4, -0.2) is 81.4 Å². The van der Waals surface area contributed by atoms with Gasteiger partial charge < -0.3 is 50.8 Å². The van der Waals surface area contributed by atoms with Gasteiger partial charge >= 0.3 is 5.97 Å². The van der Waals surface area contributed by atoms with E-state index in [-0.39, 0.29) is 46.1 Å². The number of phenols is 2. The number of rotatable bonds is 8. The fourth-order valence-electron chi connectivity index (χ4n) is 5.77. The molecule has 0 aromatic heterocycles. The third-order valence-electron chi connectivity index (χ3n) is 8.41. The Morgan fingerprint density at radius 1 is 1.09 bits per heavy atom. The number of esters is 1. The Bertz CT molecular complexity index is 1630.